The highest BCUT2D eigenvalue weighted by Gasteiger charge is 2.12. The molecule has 1 atom stereocenters. The minimum Gasteiger partial charge on any atom is -0.508 e. The van der Waals surface area contributed by atoms with E-state index in [-0.39, 0.29) is 29.0 Å². The summed E-state index contributed by atoms with van der Waals surface area (Å²) in [5, 5.41) is 21.4. The predicted molar refractivity (Wildman–Crippen MR) is 66.2 cm³/mol. The normalized spacial score (nSPS) is 12.5. The average Bonchev–Trinajstić information content (AvgIpc) is 2.14. The van der Waals surface area contributed by atoms with Gasteiger partial charge in [0.05, 0.1) is 0 Å². The largest absolute Gasteiger partial charge is 0.508 e. The second kappa shape index (κ2) is 5.57. The van der Waals surface area contributed by atoms with Gasteiger partial charge in [-0.3, -0.25) is 4.79 Å². The third-order valence-electron chi connectivity index (χ3n) is 2.37. The minimum absolute atomic E-state index is 0.0620. The molecule has 0 aliphatic carbocycles. The molecule has 1 aromatic carbocycles. The summed E-state index contributed by atoms with van der Waals surface area (Å²) in [6, 6.07) is 3.91. The SMILES string of the molecule is CC(C)C[C@H](C)NC(=O)c1cc(O)cc(O)c1. The fourth-order valence-electron chi connectivity index (χ4n) is 1.80. The number of benzene rings is 1. The zero-order valence-electron chi connectivity index (χ0n) is 10.4. The van der Waals surface area contributed by atoms with Gasteiger partial charge in [-0.1, -0.05) is 13.8 Å². The van der Waals surface area contributed by atoms with Crippen molar-refractivity contribution in [3.63, 3.8) is 0 Å². The van der Waals surface area contributed by atoms with Crippen LogP contribution >= 0.6 is 0 Å². The molecule has 0 saturated heterocycles. The maximum Gasteiger partial charge on any atom is 0.251 e. The van der Waals surface area contributed by atoms with Gasteiger partial charge in [-0.2, -0.15) is 0 Å². The molecule has 3 N–H and O–H groups in total. The summed E-state index contributed by atoms with van der Waals surface area (Å²) >= 11 is 0. The Morgan fingerprint density at radius 2 is 1.71 bits per heavy atom. The molecule has 0 aliphatic heterocycles. The Hall–Kier alpha value is -1.71. The molecule has 0 aromatic heterocycles. The van der Waals surface area contributed by atoms with Crippen molar-refractivity contribution in [2.75, 3.05) is 0 Å². The Kier molecular flexibility index (Phi) is 4.37. The summed E-state index contributed by atoms with van der Waals surface area (Å²) < 4.78 is 0. The number of phenols is 2. The molecule has 1 rings (SSSR count). The van der Waals surface area contributed by atoms with Gasteiger partial charge in [-0.25, -0.2) is 0 Å². The molecule has 1 aromatic rings. The van der Waals surface area contributed by atoms with E-state index in [0.717, 1.165) is 6.42 Å². The number of aromatic hydroxyl groups is 2. The highest BCUT2D eigenvalue weighted by Crippen LogP contribution is 2.20. The number of phenolic OH excluding ortho intramolecular Hbond substituents is 2. The van der Waals surface area contributed by atoms with Crippen molar-refractivity contribution in [3.8, 4) is 11.5 Å². The average molecular weight is 237 g/mol. The number of hydrogen-bond donors (Lipinski definition) is 3. The first-order valence-corrected chi connectivity index (χ1v) is 5.72. The van der Waals surface area contributed by atoms with Gasteiger partial charge in [0, 0.05) is 17.7 Å². The van der Waals surface area contributed by atoms with Crippen LogP contribution in [0.5, 0.6) is 11.5 Å². The molecule has 17 heavy (non-hydrogen) atoms. The van der Waals surface area contributed by atoms with Gasteiger partial charge >= 0.3 is 0 Å². The molecule has 0 heterocycles. The van der Waals surface area contributed by atoms with E-state index in [0.29, 0.717) is 5.92 Å². The van der Waals surface area contributed by atoms with E-state index >= 15 is 0 Å². The lowest BCUT2D eigenvalue weighted by Crippen LogP contribution is -2.33. The van der Waals surface area contributed by atoms with Crippen LogP contribution in [0, 0.1) is 5.92 Å². The second-order valence-corrected chi connectivity index (χ2v) is 4.74. The predicted octanol–water partition coefficient (Wildman–Crippen LogP) is 2.26. The molecule has 0 spiro atoms. The lowest BCUT2D eigenvalue weighted by Gasteiger charge is -2.16. The smallest absolute Gasteiger partial charge is 0.251 e. The molecule has 4 heteroatoms. The number of hydrogen-bond acceptors (Lipinski definition) is 3. The van der Waals surface area contributed by atoms with E-state index in [1.165, 1.54) is 18.2 Å². The first-order valence-electron chi connectivity index (χ1n) is 5.72. The summed E-state index contributed by atoms with van der Waals surface area (Å²) in [7, 11) is 0. The Bertz CT molecular complexity index is 381. The van der Waals surface area contributed by atoms with Crippen molar-refractivity contribution in [1.82, 2.24) is 5.32 Å². The molecule has 0 unspecified atom stereocenters. The van der Waals surface area contributed by atoms with Crippen LogP contribution in [0.15, 0.2) is 18.2 Å². The van der Waals surface area contributed by atoms with Crippen molar-refractivity contribution in [2.24, 2.45) is 5.92 Å². The maximum absolute atomic E-state index is 11.8. The van der Waals surface area contributed by atoms with Crippen LogP contribution in [0.2, 0.25) is 0 Å². The van der Waals surface area contributed by atoms with Crippen LogP contribution in [0.25, 0.3) is 0 Å². The molecule has 0 saturated carbocycles. The number of nitrogens with one attached hydrogen (secondary N) is 1. The Morgan fingerprint density at radius 1 is 1.18 bits per heavy atom. The Balaban J connectivity index is 2.69. The van der Waals surface area contributed by atoms with Crippen molar-refractivity contribution in [1.29, 1.82) is 0 Å². The topological polar surface area (TPSA) is 69.6 Å². The Morgan fingerprint density at radius 3 is 2.18 bits per heavy atom. The number of rotatable bonds is 4. The first kappa shape index (κ1) is 13.4. The van der Waals surface area contributed by atoms with Crippen LogP contribution in [0.4, 0.5) is 0 Å². The van der Waals surface area contributed by atoms with Crippen molar-refractivity contribution in [3.05, 3.63) is 23.8 Å². The molecular weight excluding hydrogens is 218 g/mol. The fourth-order valence-corrected chi connectivity index (χ4v) is 1.80. The number of amides is 1. The molecule has 0 bridgehead atoms. The molecule has 1 amide bonds. The summed E-state index contributed by atoms with van der Waals surface area (Å²) in [6.07, 6.45) is 0.885. The van der Waals surface area contributed by atoms with E-state index in [9.17, 15) is 15.0 Å². The van der Waals surface area contributed by atoms with E-state index in [1.54, 1.807) is 0 Å². The van der Waals surface area contributed by atoms with E-state index in [4.69, 9.17) is 0 Å². The van der Waals surface area contributed by atoms with Gasteiger partial charge < -0.3 is 15.5 Å². The van der Waals surface area contributed by atoms with Crippen LogP contribution in [-0.2, 0) is 0 Å². The quantitative estimate of drug-likeness (QED) is 0.752. The Labute approximate surface area is 101 Å². The van der Waals surface area contributed by atoms with Gasteiger partial charge in [-0.15, -0.1) is 0 Å². The van der Waals surface area contributed by atoms with Gasteiger partial charge in [0.25, 0.3) is 5.91 Å². The van der Waals surface area contributed by atoms with Gasteiger partial charge in [0.15, 0.2) is 0 Å². The third-order valence-corrected chi connectivity index (χ3v) is 2.37. The highest BCUT2D eigenvalue weighted by atomic mass is 16.3. The van der Waals surface area contributed by atoms with Crippen molar-refractivity contribution >= 4 is 5.91 Å². The van der Waals surface area contributed by atoms with Crippen LogP contribution in [-0.4, -0.2) is 22.2 Å². The fraction of sp³-hybridized carbons (Fsp3) is 0.462. The molecule has 0 fully saturated rings. The molecule has 4 nitrogen and oxygen atoms in total. The highest BCUT2D eigenvalue weighted by molar-refractivity contribution is 5.95. The minimum atomic E-state index is -0.288. The van der Waals surface area contributed by atoms with E-state index in [2.05, 4.69) is 19.2 Å². The number of carbonyl (C=O) groups is 1. The summed E-state index contributed by atoms with van der Waals surface area (Å²) in [5.41, 5.74) is 0.262. The summed E-state index contributed by atoms with van der Waals surface area (Å²) in [4.78, 5) is 11.8. The van der Waals surface area contributed by atoms with Crippen molar-refractivity contribution < 1.29 is 15.0 Å². The van der Waals surface area contributed by atoms with Crippen LogP contribution in [0.1, 0.15) is 37.6 Å². The van der Waals surface area contributed by atoms with E-state index in [1.807, 2.05) is 6.92 Å². The lowest BCUT2D eigenvalue weighted by molar-refractivity contribution is 0.0935. The zero-order chi connectivity index (χ0) is 13.0. The standard InChI is InChI=1S/C13H19NO3/c1-8(2)4-9(3)14-13(17)10-5-11(15)7-12(16)6-10/h5-9,15-16H,4H2,1-3H3,(H,14,17)/t9-/m0/s1. The summed E-state index contributed by atoms with van der Waals surface area (Å²) in [6.45, 7) is 6.10. The molecule has 94 valence electrons. The van der Waals surface area contributed by atoms with Crippen LogP contribution in [0.3, 0.4) is 0 Å². The monoisotopic (exact) mass is 237 g/mol. The lowest BCUT2D eigenvalue weighted by atomic mass is 10.0. The maximum atomic E-state index is 11.8. The summed E-state index contributed by atoms with van der Waals surface area (Å²) in [5.74, 6) is -0.0226. The third kappa shape index (κ3) is 4.34. The molecule has 0 aliphatic rings. The number of carbonyl (C=O) groups excluding carboxylic acids is 1. The van der Waals surface area contributed by atoms with Gasteiger partial charge in [0.1, 0.15) is 11.5 Å². The van der Waals surface area contributed by atoms with Gasteiger partial charge in [0.2, 0.25) is 0 Å². The zero-order valence-corrected chi connectivity index (χ0v) is 10.4. The second-order valence-electron chi connectivity index (χ2n) is 4.74. The van der Waals surface area contributed by atoms with Crippen molar-refractivity contribution in [2.45, 2.75) is 33.2 Å². The molecular formula is C13H19NO3. The van der Waals surface area contributed by atoms with Gasteiger partial charge in [-0.05, 0) is 31.4 Å². The first-order chi connectivity index (χ1) is 7.88. The van der Waals surface area contributed by atoms with E-state index < -0.39 is 0 Å². The molecule has 0 radical (unpaired) electrons. The van der Waals surface area contributed by atoms with Crippen LogP contribution < -0.4 is 5.32 Å².